The standard InChI is InChI=1S/C58H38N6O/c1-5-17-39(18-6-1)61(43-29-31-47-45-25-13-15-27-51(45)63(53(47)35-43)41-21-9-3-10-22-41)56-34-33-49-50-38-59-57(37-55(50)65-58(49)60-56)62(40-19-7-2-8-20-40)44-30-32-48-46-26-14-16-28-52(46)64(54(48)36-44)42-23-11-4-12-24-42/h1-38H. The summed E-state index contributed by atoms with van der Waals surface area (Å²) < 4.78 is 11.4. The highest BCUT2D eigenvalue weighted by Crippen LogP contribution is 2.43. The van der Waals surface area contributed by atoms with Crippen LogP contribution >= 0.6 is 0 Å². The molecule has 7 heteroatoms. The molecule has 0 aliphatic rings. The molecule has 7 nitrogen and oxygen atoms in total. The number of furan rings is 1. The van der Waals surface area contributed by atoms with Gasteiger partial charge in [0.1, 0.15) is 17.2 Å². The monoisotopic (exact) mass is 834 g/mol. The molecule has 0 aliphatic heterocycles. The van der Waals surface area contributed by atoms with E-state index in [0.29, 0.717) is 11.3 Å². The van der Waals surface area contributed by atoms with Crippen molar-refractivity contribution >= 4 is 100 Å². The molecule has 0 atom stereocenters. The van der Waals surface area contributed by atoms with Gasteiger partial charge in [-0.15, -0.1) is 0 Å². The third-order valence-electron chi connectivity index (χ3n) is 12.5. The summed E-state index contributed by atoms with van der Waals surface area (Å²) in [5.74, 6) is 1.48. The summed E-state index contributed by atoms with van der Waals surface area (Å²) in [6.07, 6.45) is 1.92. The van der Waals surface area contributed by atoms with E-state index < -0.39 is 0 Å². The highest BCUT2D eigenvalue weighted by atomic mass is 16.3. The van der Waals surface area contributed by atoms with Gasteiger partial charge in [0.25, 0.3) is 0 Å². The first-order valence-electron chi connectivity index (χ1n) is 21.8. The van der Waals surface area contributed by atoms with Crippen molar-refractivity contribution in [3.05, 3.63) is 231 Å². The van der Waals surface area contributed by atoms with Gasteiger partial charge in [0.2, 0.25) is 5.71 Å². The summed E-state index contributed by atoms with van der Waals surface area (Å²) in [6.45, 7) is 0. The number of nitrogens with zero attached hydrogens (tertiary/aromatic N) is 6. The van der Waals surface area contributed by atoms with E-state index in [1.807, 2.05) is 24.4 Å². The van der Waals surface area contributed by atoms with Gasteiger partial charge < -0.3 is 13.6 Å². The molecule has 0 saturated carbocycles. The van der Waals surface area contributed by atoms with Crippen LogP contribution < -0.4 is 9.80 Å². The molecule has 0 saturated heterocycles. The Morgan fingerprint density at radius 1 is 0.338 bits per heavy atom. The number of anilines is 6. The molecule has 5 aromatic heterocycles. The molecule has 0 aliphatic carbocycles. The van der Waals surface area contributed by atoms with Crippen LogP contribution in [0.15, 0.2) is 235 Å². The SMILES string of the molecule is c1ccc(N(c2ccc3c4ccccc4n(-c4ccccc4)c3c2)c2cc3oc4nc(N(c5ccccc5)c5ccc6c7ccccc7n(-c7ccccc7)c6c5)ccc4c3cn2)cc1. The Hall–Kier alpha value is -8.94. The van der Waals surface area contributed by atoms with Gasteiger partial charge in [-0.2, -0.15) is 4.98 Å². The number of benzene rings is 8. The van der Waals surface area contributed by atoms with Crippen LogP contribution in [0.4, 0.5) is 34.4 Å². The van der Waals surface area contributed by atoms with E-state index in [0.717, 1.165) is 78.6 Å². The van der Waals surface area contributed by atoms with Gasteiger partial charge in [-0.05, 0) is 97.1 Å². The first kappa shape index (κ1) is 36.7. The average Bonchev–Trinajstić information content (AvgIpc) is 4.02. The van der Waals surface area contributed by atoms with Crippen molar-refractivity contribution in [2.45, 2.75) is 0 Å². The Morgan fingerprint density at radius 2 is 0.785 bits per heavy atom. The second-order valence-corrected chi connectivity index (χ2v) is 16.3. The first-order valence-corrected chi connectivity index (χ1v) is 21.8. The van der Waals surface area contributed by atoms with Crippen molar-refractivity contribution in [2.24, 2.45) is 0 Å². The molecule has 0 radical (unpaired) electrons. The zero-order valence-corrected chi connectivity index (χ0v) is 35.0. The third kappa shape index (κ3) is 5.98. The van der Waals surface area contributed by atoms with Gasteiger partial charge in [0, 0.05) is 78.7 Å². The van der Waals surface area contributed by atoms with Gasteiger partial charge >= 0.3 is 0 Å². The van der Waals surface area contributed by atoms with E-state index in [9.17, 15) is 0 Å². The second kappa shape index (κ2) is 14.9. The number of aromatic nitrogens is 4. The molecular formula is C58H38N6O. The molecule has 13 rings (SSSR count). The number of para-hydroxylation sites is 6. The maximum absolute atomic E-state index is 6.74. The van der Waals surface area contributed by atoms with Gasteiger partial charge in [-0.3, -0.25) is 9.80 Å². The van der Waals surface area contributed by atoms with E-state index in [1.54, 1.807) is 0 Å². The fourth-order valence-electron chi connectivity index (χ4n) is 9.67. The van der Waals surface area contributed by atoms with Gasteiger partial charge in [-0.1, -0.05) is 121 Å². The predicted molar refractivity (Wildman–Crippen MR) is 267 cm³/mol. The van der Waals surface area contributed by atoms with Crippen molar-refractivity contribution in [2.75, 3.05) is 9.80 Å². The number of hydrogen-bond acceptors (Lipinski definition) is 5. The summed E-state index contributed by atoms with van der Waals surface area (Å²) in [5.41, 5.74) is 11.9. The van der Waals surface area contributed by atoms with Crippen LogP contribution in [0.2, 0.25) is 0 Å². The molecule has 0 bridgehead atoms. The zero-order valence-electron chi connectivity index (χ0n) is 35.0. The highest BCUT2D eigenvalue weighted by molar-refractivity contribution is 6.12. The van der Waals surface area contributed by atoms with Crippen LogP contribution in [-0.2, 0) is 0 Å². The lowest BCUT2D eigenvalue weighted by molar-refractivity contribution is 0.654. The maximum Gasteiger partial charge on any atom is 0.229 e. The van der Waals surface area contributed by atoms with Crippen LogP contribution in [0.3, 0.4) is 0 Å². The van der Waals surface area contributed by atoms with Crippen molar-refractivity contribution in [1.29, 1.82) is 0 Å². The summed E-state index contributed by atoms with van der Waals surface area (Å²) in [7, 11) is 0. The molecular weight excluding hydrogens is 797 g/mol. The molecule has 0 amide bonds. The number of rotatable bonds is 8. The minimum absolute atomic E-state index is 0.539. The quantitative estimate of drug-likeness (QED) is 0.153. The summed E-state index contributed by atoms with van der Waals surface area (Å²) in [6, 6.07) is 78.7. The Labute approximate surface area is 373 Å². The van der Waals surface area contributed by atoms with E-state index in [4.69, 9.17) is 14.4 Å². The highest BCUT2D eigenvalue weighted by Gasteiger charge is 2.22. The Bertz CT molecular complexity index is 3640. The lowest BCUT2D eigenvalue weighted by Crippen LogP contribution is -2.11. The molecule has 0 N–H and O–H groups in total. The number of pyridine rings is 2. The number of hydrogen-bond donors (Lipinski definition) is 0. The average molecular weight is 835 g/mol. The topological polar surface area (TPSA) is 55.3 Å². The lowest BCUT2D eigenvalue weighted by Gasteiger charge is -2.24. The summed E-state index contributed by atoms with van der Waals surface area (Å²) in [4.78, 5) is 14.8. The van der Waals surface area contributed by atoms with Crippen LogP contribution in [0.25, 0.3) is 77.1 Å². The Morgan fingerprint density at radius 3 is 1.32 bits per heavy atom. The van der Waals surface area contributed by atoms with E-state index >= 15 is 0 Å². The Kier molecular flexibility index (Phi) is 8.39. The van der Waals surface area contributed by atoms with Gasteiger partial charge in [0.05, 0.1) is 22.1 Å². The molecule has 0 fully saturated rings. The smallest absolute Gasteiger partial charge is 0.229 e. The molecule has 0 unspecified atom stereocenters. The molecule has 5 heterocycles. The largest absolute Gasteiger partial charge is 0.437 e. The second-order valence-electron chi connectivity index (χ2n) is 16.3. The van der Waals surface area contributed by atoms with Crippen LogP contribution in [0.1, 0.15) is 0 Å². The van der Waals surface area contributed by atoms with Gasteiger partial charge in [0.15, 0.2) is 0 Å². The van der Waals surface area contributed by atoms with Gasteiger partial charge in [-0.25, -0.2) is 4.98 Å². The third-order valence-corrected chi connectivity index (χ3v) is 12.5. The minimum Gasteiger partial charge on any atom is -0.437 e. The minimum atomic E-state index is 0.539. The van der Waals surface area contributed by atoms with Crippen LogP contribution in [0.5, 0.6) is 0 Å². The molecule has 13 aromatic rings. The predicted octanol–water partition coefficient (Wildman–Crippen LogP) is 15.5. The van der Waals surface area contributed by atoms with Crippen molar-refractivity contribution in [1.82, 2.24) is 19.1 Å². The van der Waals surface area contributed by atoms with Crippen molar-refractivity contribution in [3.8, 4) is 11.4 Å². The fourth-order valence-corrected chi connectivity index (χ4v) is 9.67. The fraction of sp³-hybridized carbons (Fsp3) is 0. The Balaban J connectivity index is 0.949. The van der Waals surface area contributed by atoms with Crippen molar-refractivity contribution in [3.63, 3.8) is 0 Å². The first-order chi connectivity index (χ1) is 32.2. The maximum atomic E-state index is 6.74. The van der Waals surface area contributed by atoms with Crippen LogP contribution in [0, 0.1) is 0 Å². The molecule has 8 aromatic carbocycles. The summed E-state index contributed by atoms with van der Waals surface area (Å²) >= 11 is 0. The molecule has 0 spiro atoms. The van der Waals surface area contributed by atoms with Crippen molar-refractivity contribution < 1.29 is 4.42 Å². The van der Waals surface area contributed by atoms with E-state index in [2.05, 4.69) is 225 Å². The zero-order chi connectivity index (χ0) is 42.8. The molecule has 65 heavy (non-hydrogen) atoms. The lowest BCUT2D eigenvalue weighted by atomic mass is 10.1. The number of fused-ring (bicyclic) bond motifs is 9. The normalized spacial score (nSPS) is 11.7. The van der Waals surface area contributed by atoms with Crippen LogP contribution in [-0.4, -0.2) is 19.1 Å². The molecule has 306 valence electrons. The van der Waals surface area contributed by atoms with E-state index in [1.165, 1.54) is 21.5 Å². The van der Waals surface area contributed by atoms with E-state index in [-0.39, 0.29) is 0 Å². The summed E-state index contributed by atoms with van der Waals surface area (Å²) in [5, 5.41) is 6.59.